The van der Waals surface area contributed by atoms with Crippen LogP contribution in [0.3, 0.4) is 0 Å². The normalized spacial score (nSPS) is 11.8. The van der Waals surface area contributed by atoms with E-state index in [1.165, 1.54) is 0 Å². The average molecular weight is 427 g/mol. The number of esters is 1. The minimum atomic E-state index is -0.632. The standard InChI is InChI=1S/C24H30N2O5/c1-24(2,3)31-23(29)25-15-14-21(27)26-16-20(19-12-8-5-9-13-19)22(28)30-17-18-10-6-4-7-11-18/h4-13,20H,14-17H2,1-3H3,(H,25,29)(H,26,27). The molecule has 0 aromatic heterocycles. The van der Waals surface area contributed by atoms with Crippen LogP contribution in [0.1, 0.15) is 44.2 Å². The fourth-order valence-electron chi connectivity index (χ4n) is 2.75. The molecule has 2 aromatic rings. The molecule has 31 heavy (non-hydrogen) atoms. The summed E-state index contributed by atoms with van der Waals surface area (Å²) in [6.07, 6.45) is -0.508. The zero-order valence-electron chi connectivity index (χ0n) is 18.2. The lowest BCUT2D eigenvalue weighted by Gasteiger charge is -2.20. The summed E-state index contributed by atoms with van der Waals surface area (Å²) in [6, 6.07) is 18.6. The number of carbonyl (C=O) groups is 3. The Morgan fingerprint density at radius 2 is 1.52 bits per heavy atom. The molecule has 0 saturated carbocycles. The highest BCUT2D eigenvalue weighted by Crippen LogP contribution is 2.17. The predicted octanol–water partition coefficient (Wildman–Crippen LogP) is 3.54. The Bertz CT molecular complexity index is 847. The molecule has 2 rings (SSSR count). The van der Waals surface area contributed by atoms with E-state index in [2.05, 4.69) is 10.6 Å². The molecule has 0 aliphatic carbocycles. The van der Waals surface area contributed by atoms with Crippen LogP contribution >= 0.6 is 0 Å². The molecule has 0 saturated heterocycles. The van der Waals surface area contributed by atoms with Gasteiger partial charge in [0.25, 0.3) is 0 Å². The van der Waals surface area contributed by atoms with Crippen molar-refractivity contribution in [2.75, 3.05) is 13.1 Å². The zero-order chi connectivity index (χ0) is 22.7. The Kier molecular flexibility index (Phi) is 9.06. The van der Waals surface area contributed by atoms with Crippen LogP contribution in [0.5, 0.6) is 0 Å². The number of nitrogens with one attached hydrogen (secondary N) is 2. The van der Waals surface area contributed by atoms with Crippen molar-refractivity contribution in [2.45, 2.75) is 45.3 Å². The fraction of sp³-hybridized carbons (Fsp3) is 0.375. The zero-order valence-corrected chi connectivity index (χ0v) is 18.2. The maximum atomic E-state index is 12.7. The van der Waals surface area contributed by atoms with E-state index in [1.54, 1.807) is 20.8 Å². The van der Waals surface area contributed by atoms with Crippen LogP contribution in [0.15, 0.2) is 60.7 Å². The summed E-state index contributed by atoms with van der Waals surface area (Å²) in [7, 11) is 0. The van der Waals surface area contributed by atoms with Crippen LogP contribution in [-0.2, 0) is 25.7 Å². The molecule has 2 amide bonds. The van der Waals surface area contributed by atoms with E-state index in [4.69, 9.17) is 9.47 Å². The van der Waals surface area contributed by atoms with Gasteiger partial charge >= 0.3 is 12.1 Å². The van der Waals surface area contributed by atoms with Crippen LogP contribution in [0.2, 0.25) is 0 Å². The summed E-state index contributed by atoms with van der Waals surface area (Å²) in [5, 5.41) is 5.29. The monoisotopic (exact) mass is 426 g/mol. The summed E-state index contributed by atoms with van der Waals surface area (Å²) in [6.45, 7) is 5.69. The van der Waals surface area contributed by atoms with Gasteiger partial charge in [0, 0.05) is 19.5 Å². The molecule has 0 aliphatic rings. The van der Waals surface area contributed by atoms with Gasteiger partial charge in [0.2, 0.25) is 5.91 Å². The fourth-order valence-corrected chi connectivity index (χ4v) is 2.75. The second kappa shape index (κ2) is 11.7. The van der Waals surface area contributed by atoms with E-state index >= 15 is 0 Å². The Balaban J connectivity index is 1.86. The average Bonchev–Trinajstić information content (AvgIpc) is 2.72. The van der Waals surface area contributed by atoms with E-state index < -0.39 is 23.6 Å². The number of hydrogen-bond donors (Lipinski definition) is 2. The number of hydrogen-bond acceptors (Lipinski definition) is 5. The van der Waals surface area contributed by atoms with Gasteiger partial charge in [-0.3, -0.25) is 9.59 Å². The van der Waals surface area contributed by atoms with E-state index in [-0.39, 0.29) is 32.0 Å². The molecule has 0 spiro atoms. The van der Waals surface area contributed by atoms with Gasteiger partial charge < -0.3 is 20.1 Å². The summed E-state index contributed by atoms with van der Waals surface area (Å²) in [5.41, 5.74) is 1.04. The van der Waals surface area contributed by atoms with Crippen molar-refractivity contribution in [1.82, 2.24) is 10.6 Å². The minimum absolute atomic E-state index is 0.0693. The third kappa shape index (κ3) is 9.33. The highest BCUT2D eigenvalue weighted by Gasteiger charge is 2.23. The topological polar surface area (TPSA) is 93.7 Å². The first-order chi connectivity index (χ1) is 14.7. The molecule has 2 N–H and O–H groups in total. The lowest BCUT2D eigenvalue weighted by atomic mass is 9.99. The summed E-state index contributed by atoms with van der Waals surface area (Å²) in [4.78, 5) is 36.6. The minimum Gasteiger partial charge on any atom is -0.460 e. The van der Waals surface area contributed by atoms with Gasteiger partial charge in [-0.2, -0.15) is 0 Å². The first-order valence-electron chi connectivity index (χ1n) is 10.2. The predicted molar refractivity (Wildman–Crippen MR) is 117 cm³/mol. The Morgan fingerprint density at radius 1 is 0.903 bits per heavy atom. The molecule has 166 valence electrons. The van der Waals surface area contributed by atoms with Crippen molar-refractivity contribution in [3.05, 3.63) is 71.8 Å². The number of benzene rings is 2. The molecule has 0 fully saturated rings. The molecule has 7 nitrogen and oxygen atoms in total. The molecule has 1 unspecified atom stereocenters. The van der Waals surface area contributed by atoms with Gasteiger partial charge in [0.15, 0.2) is 0 Å². The van der Waals surface area contributed by atoms with Crippen LogP contribution in [0.4, 0.5) is 4.79 Å². The smallest absolute Gasteiger partial charge is 0.407 e. The molecule has 0 bridgehead atoms. The highest BCUT2D eigenvalue weighted by molar-refractivity contribution is 5.81. The van der Waals surface area contributed by atoms with E-state index in [0.717, 1.165) is 11.1 Å². The Labute approximate surface area is 183 Å². The summed E-state index contributed by atoms with van der Waals surface area (Å²) in [5.74, 6) is -1.33. The largest absolute Gasteiger partial charge is 0.460 e. The first kappa shape index (κ1) is 23.9. The van der Waals surface area contributed by atoms with Crippen LogP contribution in [0.25, 0.3) is 0 Å². The number of rotatable bonds is 9. The highest BCUT2D eigenvalue weighted by atomic mass is 16.6. The van der Waals surface area contributed by atoms with Crippen LogP contribution in [-0.4, -0.2) is 36.7 Å². The van der Waals surface area contributed by atoms with E-state index in [9.17, 15) is 14.4 Å². The van der Waals surface area contributed by atoms with Crippen LogP contribution < -0.4 is 10.6 Å². The number of ether oxygens (including phenoxy) is 2. The molecule has 0 heterocycles. The van der Waals surface area contributed by atoms with E-state index in [0.29, 0.717) is 0 Å². The lowest BCUT2D eigenvalue weighted by molar-refractivity contribution is -0.146. The van der Waals surface area contributed by atoms with Gasteiger partial charge in [-0.05, 0) is 31.9 Å². The van der Waals surface area contributed by atoms with Crippen molar-refractivity contribution in [1.29, 1.82) is 0 Å². The summed E-state index contributed by atoms with van der Waals surface area (Å²) < 4.78 is 10.6. The van der Waals surface area contributed by atoms with Crippen molar-refractivity contribution in [3.63, 3.8) is 0 Å². The second-order valence-electron chi connectivity index (χ2n) is 8.04. The van der Waals surface area contributed by atoms with Crippen molar-refractivity contribution >= 4 is 18.0 Å². The van der Waals surface area contributed by atoms with Crippen molar-refractivity contribution in [3.8, 4) is 0 Å². The third-order valence-electron chi connectivity index (χ3n) is 4.23. The number of amides is 2. The Morgan fingerprint density at radius 3 is 2.13 bits per heavy atom. The SMILES string of the molecule is CC(C)(C)OC(=O)NCCC(=O)NCC(C(=O)OCc1ccccc1)c1ccccc1. The van der Waals surface area contributed by atoms with Crippen LogP contribution in [0, 0.1) is 0 Å². The number of carbonyl (C=O) groups excluding carboxylic acids is 3. The molecular weight excluding hydrogens is 396 g/mol. The maximum absolute atomic E-state index is 12.7. The molecular formula is C24H30N2O5. The number of alkyl carbamates (subject to hydrolysis) is 1. The van der Waals surface area contributed by atoms with Crippen molar-refractivity contribution < 1.29 is 23.9 Å². The first-order valence-corrected chi connectivity index (χ1v) is 10.2. The van der Waals surface area contributed by atoms with Gasteiger partial charge in [-0.15, -0.1) is 0 Å². The molecule has 0 aliphatic heterocycles. The van der Waals surface area contributed by atoms with E-state index in [1.807, 2.05) is 60.7 Å². The van der Waals surface area contributed by atoms with Gasteiger partial charge in [0.05, 0.1) is 5.92 Å². The lowest BCUT2D eigenvalue weighted by Crippen LogP contribution is -2.36. The van der Waals surface area contributed by atoms with Gasteiger partial charge in [-0.25, -0.2) is 4.79 Å². The third-order valence-corrected chi connectivity index (χ3v) is 4.23. The second-order valence-corrected chi connectivity index (χ2v) is 8.04. The molecule has 1 atom stereocenters. The Hall–Kier alpha value is -3.35. The summed E-state index contributed by atoms with van der Waals surface area (Å²) >= 11 is 0. The van der Waals surface area contributed by atoms with Crippen molar-refractivity contribution in [2.24, 2.45) is 0 Å². The molecule has 2 aromatic carbocycles. The van der Waals surface area contributed by atoms with Gasteiger partial charge in [-0.1, -0.05) is 60.7 Å². The molecule has 0 radical (unpaired) electrons. The quantitative estimate of drug-likeness (QED) is 0.598. The maximum Gasteiger partial charge on any atom is 0.407 e. The van der Waals surface area contributed by atoms with Gasteiger partial charge in [0.1, 0.15) is 12.2 Å². The molecule has 7 heteroatoms.